The van der Waals surface area contributed by atoms with Crippen LogP contribution in [0.1, 0.15) is 0 Å². The van der Waals surface area contributed by atoms with Crippen LogP contribution in [-0.2, 0) is 9.37 Å². The molecule has 0 amide bonds. The maximum Gasteiger partial charge on any atom is 0.116 e. The van der Waals surface area contributed by atoms with Gasteiger partial charge in [-0.3, -0.25) is 5.04 Å². The van der Waals surface area contributed by atoms with Crippen LogP contribution in [0.2, 0.25) is 0 Å². The van der Waals surface area contributed by atoms with E-state index in [0.29, 0.717) is 0 Å². The predicted molar refractivity (Wildman–Crippen MR) is 18.8 cm³/mol. The van der Waals surface area contributed by atoms with Crippen molar-refractivity contribution in [2.45, 2.75) is 0 Å². The fourth-order valence-electron chi connectivity index (χ4n) is 0.0479. The molecule has 0 saturated heterocycles. The predicted octanol–water partition coefficient (Wildman–Crippen LogP) is -1.01. The summed E-state index contributed by atoms with van der Waals surface area (Å²) in [7, 11) is 1.60. The Morgan fingerprint density at radius 2 is 2.50 bits per heavy atom. The van der Waals surface area contributed by atoms with Crippen molar-refractivity contribution in [2.24, 2.45) is 0 Å². The summed E-state index contributed by atoms with van der Waals surface area (Å²) in [5.41, 5.74) is 0. The van der Waals surface area contributed by atoms with Crippen LogP contribution in [0, 0.1) is 0 Å². The molecule has 0 aromatic carbocycles. The number of rotatable bonds is 3. The second-order valence-electron chi connectivity index (χ2n) is 0.424. The zero-order valence-corrected chi connectivity index (χ0v) is 3.95. The molecule has 0 atom stereocenters. The van der Waals surface area contributed by atoms with Gasteiger partial charge in [0.05, 0.1) is 0 Å². The number of hydrogen-bond acceptors (Lipinski definition) is 5. The smallest absolute Gasteiger partial charge is 0.116 e. The summed E-state index contributed by atoms with van der Waals surface area (Å²) in [6, 6.07) is 0. The maximum absolute atomic E-state index is 8.91. The minimum Gasteiger partial charge on any atom is -0.691 e. The fourth-order valence-corrected chi connectivity index (χ4v) is 0.144. The molecule has 5 heteroatoms. The third-order valence-electron chi connectivity index (χ3n) is 0.145. The monoisotopic (exact) mass is 110 g/mol. The van der Waals surface area contributed by atoms with E-state index in [2.05, 4.69) is 14.1 Å². The number of hydrogen-bond donors (Lipinski definition) is 1. The van der Waals surface area contributed by atoms with Crippen molar-refractivity contribution in [1.82, 2.24) is 4.72 Å². The Labute approximate surface area is 39.6 Å². The highest BCUT2D eigenvalue weighted by molar-refractivity contribution is 7.92. The molecule has 1 N–H and O–H groups in total. The Hall–Kier alpha value is 0.190. The molecule has 38 valence electrons. The average Bonchev–Trinajstić information content (AvgIpc) is 1.61. The zero-order chi connectivity index (χ0) is 4.83. The van der Waals surface area contributed by atoms with Crippen LogP contribution in [0.25, 0.3) is 0 Å². The van der Waals surface area contributed by atoms with Gasteiger partial charge in [0.15, 0.2) is 0 Å². The van der Waals surface area contributed by atoms with Gasteiger partial charge in [0.2, 0.25) is 0 Å². The van der Waals surface area contributed by atoms with Crippen molar-refractivity contribution in [3.63, 3.8) is 0 Å². The topological polar surface area (TPSA) is 53.5 Å². The first-order valence-electron chi connectivity index (χ1n) is 1.20. The van der Waals surface area contributed by atoms with Crippen LogP contribution in [0.5, 0.6) is 0 Å². The SMILES string of the molecule is CNSOO[O-]. The Kier molecular flexibility index (Phi) is 5.35. The minimum absolute atomic E-state index is 0.723. The highest BCUT2D eigenvalue weighted by Gasteiger charge is 1.69. The fraction of sp³-hybridized carbons (Fsp3) is 1.00. The summed E-state index contributed by atoms with van der Waals surface area (Å²) in [4.78, 5) is 0. The first kappa shape index (κ1) is 6.19. The van der Waals surface area contributed by atoms with Gasteiger partial charge in [-0.15, -0.1) is 0 Å². The third-order valence-corrected chi connectivity index (χ3v) is 0.435. The quantitative estimate of drug-likeness (QED) is 0.166. The van der Waals surface area contributed by atoms with Crippen molar-refractivity contribution in [2.75, 3.05) is 7.05 Å². The molecule has 4 nitrogen and oxygen atoms in total. The molecule has 0 fully saturated rings. The van der Waals surface area contributed by atoms with E-state index in [1.807, 2.05) is 0 Å². The van der Waals surface area contributed by atoms with E-state index in [0.717, 1.165) is 12.2 Å². The van der Waals surface area contributed by atoms with Crippen molar-refractivity contribution in [3.05, 3.63) is 0 Å². The molecular formula is CH4NO3S-. The van der Waals surface area contributed by atoms with Crippen LogP contribution in [0.4, 0.5) is 0 Å². The van der Waals surface area contributed by atoms with Gasteiger partial charge in [0.1, 0.15) is 12.2 Å². The van der Waals surface area contributed by atoms with Gasteiger partial charge >= 0.3 is 0 Å². The largest absolute Gasteiger partial charge is 0.691 e. The van der Waals surface area contributed by atoms with Gasteiger partial charge in [-0.05, 0) is 7.05 Å². The zero-order valence-electron chi connectivity index (χ0n) is 3.13. The molecule has 0 aromatic rings. The van der Waals surface area contributed by atoms with E-state index in [4.69, 9.17) is 5.26 Å². The van der Waals surface area contributed by atoms with Gasteiger partial charge in [-0.2, -0.15) is 4.33 Å². The molecule has 0 heterocycles. The second kappa shape index (κ2) is 5.19. The first-order valence-corrected chi connectivity index (χ1v) is 1.95. The van der Waals surface area contributed by atoms with E-state index in [-0.39, 0.29) is 0 Å². The Balaban J connectivity index is 2.34. The van der Waals surface area contributed by atoms with Gasteiger partial charge in [-0.1, -0.05) is 0 Å². The summed E-state index contributed by atoms with van der Waals surface area (Å²) in [6.45, 7) is 0. The lowest BCUT2D eigenvalue weighted by molar-refractivity contribution is -0.777. The molecule has 0 aromatic heterocycles. The molecule has 0 spiro atoms. The van der Waals surface area contributed by atoms with Crippen molar-refractivity contribution in [1.29, 1.82) is 0 Å². The lowest BCUT2D eigenvalue weighted by atomic mass is 11.6. The minimum atomic E-state index is 0.723. The lowest BCUT2D eigenvalue weighted by Gasteiger charge is -1.99. The van der Waals surface area contributed by atoms with E-state index in [1.54, 1.807) is 7.05 Å². The van der Waals surface area contributed by atoms with Crippen LogP contribution >= 0.6 is 12.2 Å². The van der Waals surface area contributed by atoms with Gasteiger partial charge in [0.25, 0.3) is 0 Å². The summed E-state index contributed by atoms with van der Waals surface area (Å²) < 4.78 is 6.17. The lowest BCUT2D eigenvalue weighted by Crippen LogP contribution is -2.04. The standard InChI is InChI=1S/CH5NO3S/c1-2-6-5-4-3/h2-3H,1H3/p-1. The normalized spacial score (nSPS) is 9.00. The number of nitrogens with one attached hydrogen (secondary N) is 1. The van der Waals surface area contributed by atoms with Crippen molar-refractivity contribution < 1.29 is 14.6 Å². The molecule has 0 aliphatic rings. The Bertz CT molecular complexity index is 22.8. The highest BCUT2D eigenvalue weighted by atomic mass is 32.2. The van der Waals surface area contributed by atoms with Crippen LogP contribution in [0.3, 0.4) is 0 Å². The molecule has 6 heavy (non-hydrogen) atoms. The summed E-state index contributed by atoms with van der Waals surface area (Å²) >= 11 is 0.723. The molecule has 0 saturated carbocycles. The van der Waals surface area contributed by atoms with Crippen molar-refractivity contribution in [3.8, 4) is 0 Å². The highest BCUT2D eigenvalue weighted by Crippen LogP contribution is 1.88. The first-order chi connectivity index (χ1) is 2.91. The van der Waals surface area contributed by atoms with Crippen LogP contribution in [-0.4, -0.2) is 7.05 Å². The van der Waals surface area contributed by atoms with E-state index >= 15 is 0 Å². The molecule has 0 bridgehead atoms. The third kappa shape index (κ3) is 4.19. The van der Waals surface area contributed by atoms with E-state index in [1.165, 1.54) is 0 Å². The summed E-state index contributed by atoms with van der Waals surface area (Å²) in [6.07, 6.45) is 0. The van der Waals surface area contributed by atoms with Crippen LogP contribution in [0.15, 0.2) is 0 Å². The maximum atomic E-state index is 8.91. The van der Waals surface area contributed by atoms with Crippen LogP contribution < -0.4 is 9.98 Å². The molecule has 0 unspecified atom stereocenters. The molecular weight excluding hydrogens is 106 g/mol. The van der Waals surface area contributed by atoms with Gasteiger partial charge in [0, 0.05) is 0 Å². The van der Waals surface area contributed by atoms with E-state index in [9.17, 15) is 0 Å². The van der Waals surface area contributed by atoms with Gasteiger partial charge < -0.3 is 5.26 Å². The molecule has 0 radical (unpaired) electrons. The molecule has 0 rings (SSSR count). The Morgan fingerprint density at radius 1 is 1.83 bits per heavy atom. The second-order valence-corrected chi connectivity index (χ2v) is 1.13. The molecule has 0 aliphatic carbocycles. The summed E-state index contributed by atoms with van der Waals surface area (Å²) in [5, 5.41) is 11.8. The van der Waals surface area contributed by atoms with Crippen molar-refractivity contribution >= 4 is 12.2 Å². The Morgan fingerprint density at radius 3 is 2.67 bits per heavy atom. The molecule has 0 aliphatic heterocycles. The average molecular weight is 110 g/mol. The van der Waals surface area contributed by atoms with E-state index < -0.39 is 0 Å². The van der Waals surface area contributed by atoms with Gasteiger partial charge in [-0.25, -0.2) is 4.72 Å². The summed E-state index contributed by atoms with van der Waals surface area (Å²) in [5.74, 6) is 0.